The maximum atomic E-state index is 12.7. The highest BCUT2D eigenvalue weighted by Gasteiger charge is 2.00. The Kier molecular flexibility index (Phi) is 2.92. The molecule has 2 rings (SSSR count). The highest BCUT2D eigenvalue weighted by atomic mass is 32.1. The number of hydrogen-bond acceptors (Lipinski definition) is 2. The Morgan fingerprint density at radius 1 is 1.33 bits per heavy atom. The van der Waals surface area contributed by atoms with E-state index in [0.717, 1.165) is 16.0 Å². The van der Waals surface area contributed by atoms with Gasteiger partial charge in [-0.25, -0.2) is 4.39 Å². The quantitative estimate of drug-likeness (QED) is 0.739. The molecule has 0 bridgehead atoms. The Balaban J connectivity index is 2.32. The molecule has 0 radical (unpaired) electrons. The molecular formula is C12H10FNS. The van der Waals surface area contributed by atoms with E-state index in [1.807, 2.05) is 23.6 Å². The van der Waals surface area contributed by atoms with Crippen LogP contribution in [-0.2, 0) is 0 Å². The minimum atomic E-state index is -0.168. The minimum absolute atomic E-state index is 0.168. The van der Waals surface area contributed by atoms with Gasteiger partial charge >= 0.3 is 0 Å². The van der Waals surface area contributed by atoms with Crippen molar-refractivity contribution in [3.8, 4) is 11.1 Å². The zero-order chi connectivity index (χ0) is 10.7. The molecule has 0 spiro atoms. The van der Waals surface area contributed by atoms with Gasteiger partial charge in [-0.3, -0.25) is 4.98 Å². The largest absolute Gasteiger partial charge is 0.265 e. The lowest BCUT2D eigenvalue weighted by Gasteiger charge is -1.93. The molecule has 0 saturated carbocycles. The topological polar surface area (TPSA) is 12.9 Å². The number of allylic oxidation sites excluding steroid dienone is 1. The van der Waals surface area contributed by atoms with Gasteiger partial charge in [0.2, 0.25) is 0 Å². The molecule has 0 aliphatic carbocycles. The standard InChI is InChI=1S/C12H10FNS/c1-9(13)6-12-7-11(8-15-12)10-2-4-14-5-3-10/h2-8H,1H3/b9-6+. The number of thiophene rings is 1. The average Bonchev–Trinajstić information content (AvgIpc) is 2.67. The number of rotatable bonds is 2. The summed E-state index contributed by atoms with van der Waals surface area (Å²) < 4.78 is 12.7. The lowest BCUT2D eigenvalue weighted by molar-refractivity contribution is 0.648. The lowest BCUT2D eigenvalue weighted by atomic mass is 10.1. The first kappa shape index (κ1) is 10.1. The number of aromatic nitrogens is 1. The van der Waals surface area contributed by atoms with E-state index in [1.54, 1.807) is 12.4 Å². The van der Waals surface area contributed by atoms with Crippen molar-refractivity contribution in [2.24, 2.45) is 0 Å². The Morgan fingerprint density at radius 3 is 2.73 bits per heavy atom. The molecule has 0 amide bonds. The molecule has 0 fully saturated rings. The summed E-state index contributed by atoms with van der Waals surface area (Å²) in [5, 5.41) is 2.02. The van der Waals surface area contributed by atoms with Crippen molar-refractivity contribution in [2.45, 2.75) is 6.92 Å². The zero-order valence-electron chi connectivity index (χ0n) is 8.27. The van der Waals surface area contributed by atoms with E-state index in [9.17, 15) is 4.39 Å². The number of nitrogens with zero attached hydrogens (tertiary/aromatic N) is 1. The van der Waals surface area contributed by atoms with Gasteiger partial charge in [-0.2, -0.15) is 0 Å². The van der Waals surface area contributed by atoms with Crippen LogP contribution in [0.3, 0.4) is 0 Å². The fourth-order valence-electron chi connectivity index (χ4n) is 1.32. The van der Waals surface area contributed by atoms with Crippen molar-refractivity contribution in [2.75, 3.05) is 0 Å². The van der Waals surface area contributed by atoms with Crippen molar-refractivity contribution in [1.82, 2.24) is 4.98 Å². The van der Waals surface area contributed by atoms with Crippen molar-refractivity contribution in [3.63, 3.8) is 0 Å². The van der Waals surface area contributed by atoms with E-state index in [0.29, 0.717) is 0 Å². The molecular weight excluding hydrogens is 209 g/mol. The predicted molar refractivity (Wildman–Crippen MR) is 62.3 cm³/mol. The van der Waals surface area contributed by atoms with Crippen LogP contribution in [-0.4, -0.2) is 4.98 Å². The van der Waals surface area contributed by atoms with Gasteiger partial charge < -0.3 is 0 Å². The van der Waals surface area contributed by atoms with Crippen molar-refractivity contribution < 1.29 is 4.39 Å². The van der Waals surface area contributed by atoms with E-state index in [1.165, 1.54) is 24.3 Å². The van der Waals surface area contributed by atoms with Gasteiger partial charge in [0.15, 0.2) is 0 Å². The van der Waals surface area contributed by atoms with Crippen LogP contribution in [0.25, 0.3) is 17.2 Å². The van der Waals surface area contributed by atoms with E-state index in [4.69, 9.17) is 0 Å². The summed E-state index contributed by atoms with van der Waals surface area (Å²) in [7, 11) is 0. The van der Waals surface area contributed by atoms with Gasteiger partial charge in [0.1, 0.15) is 0 Å². The molecule has 76 valence electrons. The summed E-state index contributed by atoms with van der Waals surface area (Å²) in [5.41, 5.74) is 2.22. The molecule has 0 N–H and O–H groups in total. The number of halogens is 1. The summed E-state index contributed by atoms with van der Waals surface area (Å²) in [6.07, 6.45) is 5.04. The Morgan fingerprint density at radius 2 is 2.07 bits per heavy atom. The second-order valence-electron chi connectivity index (χ2n) is 3.20. The van der Waals surface area contributed by atoms with Crippen LogP contribution >= 0.6 is 11.3 Å². The maximum Gasteiger partial charge on any atom is 0.0982 e. The molecule has 15 heavy (non-hydrogen) atoms. The fraction of sp³-hybridized carbons (Fsp3) is 0.0833. The van der Waals surface area contributed by atoms with E-state index in [-0.39, 0.29) is 5.83 Å². The lowest BCUT2D eigenvalue weighted by Crippen LogP contribution is -1.73. The highest BCUT2D eigenvalue weighted by molar-refractivity contribution is 7.11. The van der Waals surface area contributed by atoms with Crippen molar-refractivity contribution >= 4 is 17.4 Å². The second-order valence-corrected chi connectivity index (χ2v) is 4.15. The van der Waals surface area contributed by atoms with Crippen LogP contribution in [0, 0.1) is 0 Å². The fourth-order valence-corrected chi connectivity index (χ4v) is 2.21. The molecule has 0 aromatic carbocycles. The normalized spacial score (nSPS) is 11.7. The molecule has 1 nitrogen and oxygen atoms in total. The molecule has 2 aromatic heterocycles. The summed E-state index contributed by atoms with van der Waals surface area (Å²) in [5.74, 6) is -0.168. The van der Waals surface area contributed by atoms with Crippen molar-refractivity contribution in [1.29, 1.82) is 0 Å². The summed E-state index contributed by atoms with van der Waals surface area (Å²) in [6, 6.07) is 5.86. The van der Waals surface area contributed by atoms with Crippen molar-refractivity contribution in [3.05, 3.63) is 46.7 Å². The zero-order valence-corrected chi connectivity index (χ0v) is 9.09. The summed E-state index contributed by atoms with van der Waals surface area (Å²) in [6.45, 7) is 1.45. The van der Waals surface area contributed by atoms with Crippen LogP contribution in [0.4, 0.5) is 4.39 Å². The third kappa shape index (κ3) is 2.50. The van der Waals surface area contributed by atoms with Crippen LogP contribution in [0.15, 0.2) is 41.8 Å². The van der Waals surface area contributed by atoms with Gasteiger partial charge in [-0.15, -0.1) is 11.3 Å². The van der Waals surface area contributed by atoms with Gasteiger partial charge in [0, 0.05) is 17.3 Å². The van der Waals surface area contributed by atoms with Gasteiger partial charge in [0.25, 0.3) is 0 Å². The third-order valence-electron chi connectivity index (χ3n) is 1.97. The predicted octanol–water partition coefficient (Wildman–Crippen LogP) is 4.14. The molecule has 0 aliphatic rings. The maximum absolute atomic E-state index is 12.7. The average molecular weight is 219 g/mol. The Hall–Kier alpha value is -1.48. The molecule has 0 unspecified atom stereocenters. The molecule has 2 aromatic rings. The highest BCUT2D eigenvalue weighted by Crippen LogP contribution is 2.26. The molecule has 2 heterocycles. The first-order valence-electron chi connectivity index (χ1n) is 4.58. The number of hydrogen-bond donors (Lipinski definition) is 0. The van der Waals surface area contributed by atoms with Crippen LogP contribution in [0.2, 0.25) is 0 Å². The second kappa shape index (κ2) is 4.36. The summed E-state index contributed by atoms with van der Waals surface area (Å²) in [4.78, 5) is 4.89. The summed E-state index contributed by atoms with van der Waals surface area (Å²) >= 11 is 1.54. The van der Waals surface area contributed by atoms with E-state index in [2.05, 4.69) is 4.98 Å². The smallest absolute Gasteiger partial charge is 0.0982 e. The van der Waals surface area contributed by atoms with Gasteiger partial charge in [0.05, 0.1) is 5.83 Å². The first-order chi connectivity index (χ1) is 7.25. The third-order valence-corrected chi connectivity index (χ3v) is 2.85. The molecule has 0 atom stereocenters. The van der Waals surface area contributed by atoms with Crippen LogP contribution < -0.4 is 0 Å². The first-order valence-corrected chi connectivity index (χ1v) is 5.46. The van der Waals surface area contributed by atoms with E-state index >= 15 is 0 Å². The van der Waals surface area contributed by atoms with Crippen LogP contribution in [0.5, 0.6) is 0 Å². The van der Waals surface area contributed by atoms with Gasteiger partial charge in [-0.05, 0) is 47.7 Å². The van der Waals surface area contributed by atoms with Gasteiger partial charge in [-0.1, -0.05) is 0 Å². The minimum Gasteiger partial charge on any atom is -0.265 e. The SMILES string of the molecule is C/C(F)=C\c1cc(-c2ccncc2)cs1. The molecule has 0 aliphatic heterocycles. The Bertz CT molecular complexity index is 469. The monoisotopic (exact) mass is 219 g/mol. The van der Waals surface area contributed by atoms with Crippen LogP contribution in [0.1, 0.15) is 11.8 Å². The molecule has 0 saturated heterocycles. The number of pyridine rings is 1. The Labute approximate surface area is 91.9 Å². The molecule has 3 heteroatoms. The van der Waals surface area contributed by atoms with E-state index < -0.39 is 0 Å².